The van der Waals surface area contributed by atoms with Crippen molar-refractivity contribution in [3.8, 4) is 5.95 Å². The number of aromatic amines is 2. The summed E-state index contributed by atoms with van der Waals surface area (Å²) in [7, 11) is 1.20. The number of carbonyl (C=O) groups is 1. The zero-order chi connectivity index (χ0) is 10.8. The van der Waals surface area contributed by atoms with E-state index >= 15 is 0 Å². The number of esters is 1. The van der Waals surface area contributed by atoms with Gasteiger partial charge in [0.25, 0.3) is 0 Å². The Morgan fingerprint density at radius 3 is 3.00 bits per heavy atom. The molecule has 2 aromatic heterocycles. The van der Waals surface area contributed by atoms with E-state index in [9.17, 15) is 9.59 Å². The molecule has 0 unspecified atom stereocenters. The molecule has 0 aromatic carbocycles. The standard InChI is InChI=1S/C5H4N6O4/c1-14-3(12)2-6-4(8-7-2)11-9-5(13)15-10-11/h1H3,(H-,6,7,8,9,10,12,13)/p+1. The fraction of sp³-hybridized carbons (Fsp3) is 0.200. The van der Waals surface area contributed by atoms with Crippen LogP contribution in [0.25, 0.3) is 5.95 Å². The van der Waals surface area contributed by atoms with E-state index in [1.165, 1.54) is 7.11 Å². The summed E-state index contributed by atoms with van der Waals surface area (Å²) in [6.45, 7) is 0. The first-order valence-corrected chi connectivity index (χ1v) is 3.70. The van der Waals surface area contributed by atoms with Crippen LogP contribution >= 0.6 is 0 Å². The van der Waals surface area contributed by atoms with E-state index in [1.54, 1.807) is 0 Å². The van der Waals surface area contributed by atoms with Gasteiger partial charge in [-0.1, -0.05) is 0 Å². The summed E-state index contributed by atoms with van der Waals surface area (Å²) in [4.78, 5) is 26.1. The molecule has 0 aliphatic carbocycles. The maximum atomic E-state index is 11.0. The topological polar surface area (TPSA) is 131 Å². The van der Waals surface area contributed by atoms with Gasteiger partial charge in [0.2, 0.25) is 0 Å². The van der Waals surface area contributed by atoms with Crippen LogP contribution in [0.5, 0.6) is 0 Å². The number of aromatic nitrogens is 6. The van der Waals surface area contributed by atoms with Crippen LogP contribution in [0.4, 0.5) is 0 Å². The third kappa shape index (κ3) is 1.59. The molecular formula is C5H5N6O4+. The second-order valence-corrected chi connectivity index (χ2v) is 2.36. The van der Waals surface area contributed by atoms with Crippen LogP contribution in [0.2, 0.25) is 0 Å². The van der Waals surface area contributed by atoms with Crippen LogP contribution in [0.15, 0.2) is 9.32 Å². The van der Waals surface area contributed by atoms with Gasteiger partial charge in [-0.2, -0.15) is 10.2 Å². The van der Waals surface area contributed by atoms with Crippen molar-refractivity contribution in [3.05, 3.63) is 16.4 Å². The van der Waals surface area contributed by atoms with E-state index in [1.807, 2.05) is 0 Å². The molecule has 0 atom stereocenters. The van der Waals surface area contributed by atoms with E-state index < -0.39 is 11.7 Å². The Morgan fingerprint density at radius 1 is 1.60 bits per heavy atom. The first-order chi connectivity index (χ1) is 7.20. The molecule has 10 heteroatoms. The molecule has 0 saturated heterocycles. The van der Waals surface area contributed by atoms with Crippen LogP contribution in [0.1, 0.15) is 10.6 Å². The molecule has 0 spiro atoms. The van der Waals surface area contributed by atoms with Gasteiger partial charge in [0.1, 0.15) is 5.27 Å². The van der Waals surface area contributed by atoms with Gasteiger partial charge in [0.05, 0.1) is 7.11 Å². The molecule has 0 aliphatic rings. The van der Waals surface area contributed by atoms with E-state index in [0.29, 0.717) is 0 Å². The average molecular weight is 213 g/mol. The number of carbonyl (C=O) groups excluding carboxylic acids is 1. The Labute approximate surface area is 80.8 Å². The normalized spacial score (nSPS) is 10.2. The summed E-state index contributed by atoms with van der Waals surface area (Å²) in [6.07, 6.45) is 0. The lowest BCUT2D eigenvalue weighted by Crippen LogP contribution is -2.39. The van der Waals surface area contributed by atoms with Gasteiger partial charge in [-0.05, 0) is 4.98 Å². The molecule has 2 aromatic rings. The summed E-state index contributed by atoms with van der Waals surface area (Å²) in [5, 5.41) is 11.3. The van der Waals surface area contributed by atoms with Crippen molar-refractivity contribution in [2.45, 2.75) is 0 Å². The molecule has 2 rings (SSSR count). The monoisotopic (exact) mass is 213 g/mol. The van der Waals surface area contributed by atoms with Crippen LogP contribution in [0.3, 0.4) is 0 Å². The van der Waals surface area contributed by atoms with Gasteiger partial charge < -0.3 is 4.74 Å². The second kappa shape index (κ2) is 3.32. The SMILES string of the molecule is COC(=O)c1nc(-[n+]2noc(=O)[nH]2)n[nH]1. The number of H-pyrrole nitrogens is 2. The van der Waals surface area contributed by atoms with Crippen molar-refractivity contribution in [3.63, 3.8) is 0 Å². The van der Waals surface area contributed by atoms with Crippen molar-refractivity contribution in [1.29, 1.82) is 0 Å². The minimum Gasteiger partial charge on any atom is -0.462 e. The summed E-state index contributed by atoms with van der Waals surface area (Å²) in [6, 6.07) is 0. The molecule has 0 amide bonds. The molecule has 10 nitrogen and oxygen atoms in total. The number of rotatable bonds is 2. The predicted molar refractivity (Wildman–Crippen MR) is 39.9 cm³/mol. The lowest BCUT2D eigenvalue weighted by Gasteiger charge is -1.85. The van der Waals surface area contributed by atoms with Crippen LogP contribution in [0, 0.1) is 0 Å². The zero-order valence-corrected chi connectivity index (χ0v) is 7.42. The van der Waals surface area contributed by atoms with Crippen molar-refractivity contribution >= 4 is 5.97 Å². The van der Waals surface area contributed by atoms with Crippen LogP contribution < -0.4 is 10.6 Å². The molecular weight excluding hydrogens is 208 g/mol. The molecule has 0 bridgehead atoms. The Balaban J connectivity index is 2.35. The van der Waals surface area contributed by atoms with E-state index in [4.69, 9.17) is 0 Å². The molecule has 78 valence electrons. The van der Waals surface area contributed by atoms with E-state index in [-0.39, 0.29) is 11.8 Å². The van der Waals surface area contributed by atoms with Gasteiger partial charge in [-0.3, -0.25) is 4.52 Å². The third-order valence-corrected chi connectivity index (χ3v) is 1.44. The summed E-state index contributed by atoms with van der Waals surface area (Å²) >= 11 is 0. The Hall–Kier alpha value is -2.52. The molecule has 0 fully saturated rings. The quantitative estimate of drug-likeness (QED) is 0.418. The maximum absolute atomic E-state index is 11.0. The molecule has 15 heavy (non-hydrogen) atoms. The number of hydrogen-bond donors (Lipinski definition) is 2. The summed E-state index contributed by atoms with van der Waals surface area (Å²) < 4.78 is 8.60. The van der Waals surface area contributed by atoms with Crippen molar-refractivity contribution in [1.82, 2.24) is 25.6 Å². The first kappa shape index (κ1) is 9.05. The number of ether oxygens (including phenoxy) is 1. The highest BCUT2D eigenvalue weighted by molar-refractivity contribution is 5.84. The van der Waals surface area contributed by atoms with E-state index in [0.717, 1.165) is 4.80 Å². The highest BCUT2D eigenvalue weighted by Crippen LogP contribution is 1.92. The van der Waals surface area contributed by atoms with Crippen LogP contribution in [-0.4, -0.2) is 38.6 Å². The maximum Gasteiger partial charge on any atom is 0.501 e. The third-order valence-electron chi connectivity index (χ3n) is 1.44. The smallest absolute Gasteiger partial charge is 0.462 e. The number of nitrogens with one attached hydrogen (secondary N) is 2. The molecule has 0 radical (unpaired) electrons. The first-order valence-electron chi connectivity index (χ1n) is 3.70. The molecule has 0 saturated carbocycles. The fourth-order valence-corrected chi connectivity index (χ4v) is 0.827. The fourth-order valence-electron chi connectivity index (χ4n) is 0.827. The Morgan fingerprint density at radius 2 is 2.40 bits per heavy atom. The van der Waals surface area contributed by atoms with Crippen LogP contribution in [-0.2, 0) is 4.74 Å². The number of hydrogen-bond acceptors (Lipinski definition) is 7. The van der Waals surface area contributed by atoms with Gasteiger partial charge in [-0.15, -0.1) is 0 Å². The lowest BCUT2D eigenvalue weighted by atomic mass is 10.6. The predicted octanol–water partition coefficient (Wildman–Crippen LogP) is -2.46. The zero-order valence-electron chi connectivity index (χ0n) is 7.42. The summed E-state index contributed by atoms with van der Waals surface area (Å²) in [5.41, 5.74) is 0. The number of nitrogens with zero attached hydrogens (tertiary/aromatic N) is 4. The second-order valence-electron chi connectivity index (χ2n) is 2.36. The molecule has 2 N–H and O–H groups in total. The number of methoxy groups -OCH3 is 1. The summed E-state index contributed by atoms with van der Waals surface area (Å²) in [5.74, 6) is -1.59. The van der Waals surface area contributed by atoms with Gasteiger partial charge >= 0.3 is 23.5 Å². The Bertz CT molecular complexity index is 537. The highest BCUT2D eigenvalue weighted by atomic mass is 16.5. The van der Waals surface area contributed by atoms with Gasteiger partial charge in [0.15, 0.2) is 0 Å². The minimum absolute atomic E-state index is 0.0405. The Kier molecular flexibility index (Phi) is 2.00. The van der Waals surface area contributed by atoms with Crippen molar-refractivity contribution < 1.29 is 18.9 Å². The van der Waals surface area contributed by atoms with E-state index in [2.05, 4.69) is 34.8 Å². The van der Waals surface area contributed by atoms with Crippen molar-refractivity contribution in [2.75, 3.05) is 7.11 Å². The molecule has 0 aliphatic heterocycles. The van der Waals surface area contributed by atoms with Gasteiger partial charge in [0, 0.05) is 9.90 Å². The van der Waals surface area contributed by atoms with Crippen molar-refractivity contribution in [2.24, 2.45) is 0 Å². The molecule has 2 heterocycles. The van der Waals surface area contributed by atoms with Gasteiger partial charge in [-0.25, -0.2) is 9.59 Å². The lowest BCUT2D eigenvalue weighted by molar-refractivity contribution is -0.731. The minimum atomic E-state index is -0.764. The average Bonchev–Trinajstić information content (AvgIpc) is 2.84. The highest BCUT2D eigenvalue weighted by Gasteiger charge is 2.24. The largest absolute Gasteiger partial charge is 0.501 e.